The first-order valence-corrected chi connectivity index (χ1v) is 8.72. The van der Waals surface area contributed by atoms with E-state index in [-0.39, 0.29) is 12.4 Å². The average molecular weight is 336 g/mol. The van der Waals surface area contributed by atoms with Gasteiger partial charge in [0.2, 0.25) is 0 Å². The molecule has 0 fully saturated rings. The van der Waals surface area contributed by atoms with Crippen LogP contribution in [0.4, 0.5) is 0 Å². The number of hydrogen-bond acceptors (Lipinski definition) is 6. The molecule has 0 unspecified atom stereocenters. The van der Waals surface area contributed by atoms with E-state index in [1.54, 1.807) is 37.3 Å². The lowest BCUT2D eigenvalue weighted by molar-refractivity contribution is 0.0518. The topological polar surface area (TPSA) is 95.3 Å². The number of sulfone groups is 1. The van der Waals surface area contributed by atoms with E-state index in [0.717, 1.165) is 6.26 Å². The van der Waals surface area contributed by atoms with Crippen LogP contribution in [0.1, 0.15) is 23.1 Å². The summed E-state index contributed by atoms with van der Waals surface area (Å²) in [5.41, 5.74) is -0.875. The minimum atomic E-state index is -3.87. The Morgan fingerprint density at radius 1 is 1.26 bits per heavy atom. The smallest absolute Gasteiger partial charge is 0.346 e. The van der Waals surface area contributed by atoms with Gasteiger partial charge in [-0.2, -0.15) is 0 Å². The lowest BCUT2D eigenvalue weighted by Crippen LogP contribution is -2.32. The molecule has 0 aliphatic rings. The van der Waals surface area contributed by atoms with Crippen molar-refractivity contribution in [2.24, 2.45) is 0 Å². The minimum Gasteiger partial charge on any atom is -0.462 e. The van der Waals surface area contributed by atoms with Crippen LogP contribution in [0.25, 0.3) is 5.69 Å². The molecule has 0 aliphatic carbocycles. The Balaban J connectivity index is 2.87. The zero-order valence-electron chi connectivity index (χ0n) is 12.9. The van der Waals surface area contributed by atoms with Gasteiger partial charge < -0.3 is 4.74 Å². The van der Waals surface area contributed by atoms with Crippen molar-refractivity contribution >= 4 is 15.8 Å². The number of ether oxygens (including phenoxy) is 1. The number of hydrogen-bond donors (Lipinski definition) is 0. The highest BCUT2D eigenvalue weighted by molar-refractivity contribution is 7.90. The van der Waals surface area contributed by atoms with Crippen LogP contribution in [0.2, 0.25) is 0 Å². The molecule has 0 saturated carbocycles. The lowest BCUT2D eigenvalue weighted by atomic mass is 10.2. The van der Waals surface area contributed by atoms with E-state index in [2.05, 4.69) is 4.98 Å². The molecule has 7 nitrogen and oxygen atoms in total. The highest BCUT2D eigenvalue weighted by Gasteiger charge is 2.28. The molecule has 8 heteroatoms. The number of carbonyl (C=O) groups excluding carboxylic acids is 1. The van der Waals surface area contributed by atoms with Gasteiger partial charge in [-0.3, -0.25) is 9.36 Å². The number of esters is 1. The first-order chi connectivity index (χ1) is 10.8. The molecule has 1 heterocycles. The number of aryl methyl sites for hydroxylation is 1. The molecule has 0 spiro atoms. The highest BCUT2D eigenvalue weighted by atomic mass is 32.2. The summed E-state index contributed by atoms with van der Waals surface area (Å²) in [6, 6.07) is 8.52. The third-order valence-electron chi connectivity index (χ3n) is 3.06. The van der Waals surface area contributed by atoms with Crippen LogP contribution >= 0.6 is 0 Å². The van der Waals surface area contributed by atoms with Crippen LogP contribution in [0.3, 0.4) is 0 Å². The zero-order chi connectivity index (χ0) is 17.2. The second-order valence-electron chi connectivity index (χ2n) is 4.81. The summed E-state index contributed by atoms with van der Waals surface area (Å²) in [7, 11) is -3.87. The first kappa shape index (κ1) is 16.9. The second kappa shape index (κ2) is 6.33. The van der Waals surface area contributed by atoms with Crippen LogP contribution in [0, 0.1) is 6.92 Å². The standard InChI is InChI=1S/C15H16N2O5S/c1-4-22-15(19)12-13(23(3,20)21)16-10(2)17(14(12)18)11-8-6-5-7-9-11/h5-9H,4H2,1-3H3. The quantitative estimate of drug-likeness (QED) is 0.613. The second-order valence-corrected chi connectivity index (χ2v) is 6.74. The van der Waals surface area contributed by atoms with E-state index in [0.29, 0.717) is 5.69 Å². The van der Waals surface area contributed by atoms with Gasteiger partial charge in [0.1, 0.15) is 5.82 Å². The molecule has 122 valence electrons. The van der Waals surface area contributed by atoms with Crippen LogP contribution in [-0.4, -0.2) is 36.8 Å². The molecule has 0 amide bonds. The molecule has 23 heavy (non-hydrogen) atoms. The van der Waals surface area contributed by atoms with E-state index in [1.807, 2.05) is 0 Å². The Hall–Kier alpha value is -2.48. The molecule has 1 aromatic carbocycles. The zero-order valence-corrected chi connectivity index (χ0v) is 13.8. The van der Waals surface area contributed by atoms with Gasteiger partial charge in [0.05, 0.1) is 12.3 Å². The van der Waals surface area contributed by atoms with Crippen LogP contribution in [0.5, 0.6) is 0 Å². The summed E-state index contributed by atoms with van der Waals surface area (Å²) in [5.74, 6) is -0.843. The third-order valence-corrected chi connectivity index (χ3v) is 4.06. The van der Waals surface area contributed by atoms with Crippen LogP contribution < -0.4 is 5.56 Å². The van der Waals surface area contributed by atoms with Crippen molar-refractivity contribution in [1.29, 1.82) is 0 Å². The van der Waals surface area contributed by atoms with Crippen molar-refractivity contribution < 1.29 is 17.9 Å². The van der Waals surface area contributed by atoms with Crippen molar-refractivity contribution in [2.75, 3.05) is 12.9 Å². The molecular formula is C15H16N2O5S. The molecule has 2 aromatic rings. The Morgan fingerprint density at radius 2 is 1.87 bits per heavy atom. The summed E-state index contributed by atoms with van der Waals surface area (Å²) in [5, 5.41) is -0.564. The number of rotatable bonds is 4. The van der Waals surface area contributed by atoms with Gasteiger partial charge in [0.15, 0.2) is 20.4 Å². The number of aromatic nitrogens is 2. The maximum absolute atomic E-state index is 12.7. The predicted octanol–water partition coefficient (Wildman–Crippen LogP) is 1.12. The monoisotopic (exact) mass is 336 g/mol. The van der Waals surface area contributed by atoms with Gasteiger partial charge in [-0.1, -0.05) is 18.2 Å². The van der Waals surface area contributed by atoms with E-state index < -0.39 is 32.0 Å². The molecule has 0 bridgehead atoms. The Kier molecular flexibility index (Phi) is 4.65. The summed E-state index contributed by atoms with van der Waals surface area (Å²) in [4.78, 5) is 28.8. The number of benzene rings is 1. The maximum Gasteiger partial charge on any atom is 0.346 e. The minimum absolute atomic E-state index is 0.0146. The first-order valence-electron chi connectivity index (χ1n) is 6.83. The molecule has 0 saturated heterocycles. The molecule has 2 rings (SSSR count). The van der Waals surface area contributed by atoms with Gasteiger partial charge in [-0.05, 0) is 26.0 Å². The van der Waals surface area contributed by atoms with Gasteiger partial charge in [-0.15, -0.1) is 0 Å². The summed E-state index contributed by atoms with van der Waals surface area (Å²) < 4.78 is 29.8. The van der Waals surface area contributed by atoms with E-state index in [1.165, 1.54) is 11.5 Å². The molecule has 0 aliphatic heterocycles. The van der Waals surface area contributed by atoms with E-state index in [9.17, 15) is 18.0 Å². The molecule has 0 atom stereocenters. The number of carbonyl (C=O) groups is 1. The fraction of sp³-hybridized carbons (Fsp3) is 0.267. The summed E-state index contributed by atoms with van der Waals surface area (Å²) in [6.07, 6.45) is 0.893. The SMILES string of the molecule is CCOC(=O)c1c(S(C)(=O)=O)nc(C)n(-c2ccccc2)c1=O. The molecule has 0 radical (unpaired) electrons. The average Bonchev–Trinajstić information content (AvgIpc) is 2.47. The van der Waals surface area contributed by atoms with Gasteiger partial charge >= 0.3 is 5.97 Å². The normalized spacial score (nSPS) is 11.3. The Morgan fingerprint density at radius 3 is 2.39 bits per heavy atom. The number of nitrogens with zero attached hydrogens (tertiary/aromatic N) is 2. The van der Waals surface area contributed by atoms with Gasteiger partial charge in [-0.25, -0.2) is 18.2 Å². The van der Waals surface area contributed by atoms with Gasteiger partial charge in [0.25, 0.3) is 5.56 Å². The van der Waals surface area contributed by atoms with Crippen LogP contribution in [-0.2, 0) is 14.6 Å². The highest BCUT2D eigenvalue weighted by Crippen LogP contribution is 2.14. The van der Waals surface area contributed by atoms with Crippen molar-refractivity contribution in [3.8, 4) is 5.69 Å². The fourth-order valence-corrected chi connectivity index (χ4v) is 2.97. The third kappa shape index (κ3) is 3.31. The molecular weight excluding hydrogens is 320 g/mol. The van der Waals surface area contributed by atoms with Crippen LogP contribution in [0.15, 0.2) is 40.2 Å². The van der Waals surface area contributed by atoms with Gasteiger partial charge in [0, 0.05) is 6.26 Å². The summed E-state index contributed by atoms with van der Waals surface area (Å²) in [6.45, 7) is 3.08. The van der Waals surface area contributed by atoms with Crippen molar-refractivity contribution in [1.82, 2.24) is 9.55 Å². The number of para-hydroxylation sites is 1. The fourth-order valence-electron chi connectivity index (χ4n) is 2.13. The molecule has 1 aromatic heterocycles. The predicted molar refractivity (Wildman–Crippen MR) is 83.6 cm³/mol. The maximum atomic E-state index is 12.7. The van der Waals surface area contributed by atoms with Crippen molar-refractivity contribution in [3.63, 3.8) is 0 Å². The van der Waals surface area contributed by atoms with Crippen molar-refractivity contribution in [3.05, 3.63) is 52.1 Å². The Bertz CT molecular complexity index is 901. The largest absolute Gasteiger partial charge is 0.462 e. The van der Waals surface area contributed by atoms with Crippen molar-refractivity contribution in [2.45, 2.75) is 18.9 Å². The molecule has 0 N–H and O–H groups in total. The summed E-state index contributed by atoms with van der Waals surface area (Å²) >= 11 is 0. The van der Waals surface area contributed by atoms with E-state index in [4.69, 9.17) is 4.74 Å². The Labute approximate surface area is 133 Å². The van der Waals surface area contributed by atoms with E-state index >= 15 is 0 Å². The lowest BCUT2D eigenvalue weighted by Gasteiger charge is -2.13.